The van der Waals surface area contributed by atoms with Crippen molar-refractivity contribution in [3.63, 3.8) is 0 Å². The maximum absolute atomic E-state index is 10.7. The van der Waals surface area contributed by atoms with Crippen molar-refractivity contribution in [1.82, 2.24) is 0 Å². The van der Waals surface area contributed by atoms with E-state index in [0.29, 0.717) is 6.42 Å². The van der Waals surface area contributed by atoms with Gasteiger partial charge in [-0.05, 0) is 23.9 Å². The van der Waals surface area contributed by atoms with Gasteiger partial charge in [0.25, 0.3) is 0 Å². The molecule has 13 heavy (non-hydrogen) atoms. The van der Waals surface area contributed by atoms with Gasteiger partial charge in [0.2, 0.25) is 0 Å². The standard InChI is InChI=1S/C5H8BO4PS2/c6-5-1-3(10-11(7)13)4(9-5)2-8-12/h3-5H,1-2H2,(H-,7,12,13)/p+1/t3?,4-,5-/m1/s1. The normalized spacial score (nSPS) is 34.9. The molecular weight excluding hydrogens is 230 g/mol. The average Bonchev–Trinajstić information content (AvgIpc) is 2.31. The first kappa shape index (κ1) is 11.8. The molecule has 0 aromatic heterocycles. The van der Waals surface area contributed by atoms with Gasteiger partial charge in [0, 0.05) is 6.00 Å². The van der Waals surface area contributed by atoms with Gasteiger partial charge in [-0.1, -0.05) is 0 Å². The Kier molecular flexibility index (Phi) is 5.08. The Morgan fingerprint density at radius 2 is 2.38 bits per heavy atom. The van der Waals surface area contributed by atoms with Crippen molar-refractivity contribution in [2.45, 2.75) is 24.6 Å². The Labute approximate surface area is 89.7 Å². The molecule has 2 radical (unpaired) electrons. The van der Waals surface area contributed by atoms with Crippen LogP contribution in [0.15, 0.2) is 0 Å². The molecule has 2 unspecified atom stereocenters. The number of hydrogen-bond acceptors (Lipinski definition) is 5. The minimum Gasteiger partial charge on any atom is -0.379 e. The van der Waals surface area contributed by atoms with Gasteiger partial charge >= 0.3 is 7.23 Å². The largest absolute Gasteiger partial charge is 0.582 e. The molecule has 0 aromatic rings. The topological polar surface area (TPSA) is 44.8 Å². The monoisotopic (exact) mass is 239 g/mol. The smallest absolute Gasteiger partial charge is 0.379 e. The molecule has 0 amide bonds. The predicted octanol–water partition coefficient (Wildman–Crippen LogP) is 1.10. The molecule has 1 saturated heterocycles. The van der Waals surface area contributed by atoms with Gasteiger partial charge in [-0.25, -0.2) is 0 Å². The van der Waals surface area contributed by atoms with E-state index in [1.165, 1.54) is 0 Å². The van der Waals surface area contributed by atoms with Crippen molar-refractivity contribution >= 4 is 40.2 Å². The molecule has 1 fully saturated rings. The summed E-state index contributed by atoms with van der Waals surface area (Å²) in [7, 11) is 3.58. The SMILES string of the molecule is [B][C@H]1CC(O[P+](=O)S)[C@@H](COS)O1. The van der Waals surface area contributed by atoms with Crippen LogP contribution >= 0.6 is 32.4 Å². The lowest BCUT2D eigenvalue weighted by Gasteiger charge is -2.11. The fourth-order valence-electron chi connectivity index (χ4n) is 1.20. The maximum atomic E-state index is 10.7. The minimum atomic E-state index is -1.94. The second kappa shape index (κ2) is 5.58. The summed E-state index contributed by atoms with van der Waals surface area (Å²) in [5.41, 5.74) is 0. The molecule has 0 spiro atoms. The van der Waals surface area contributed by atoms with Crippen molar-refractivity contribution in [3.05, 3.63) is 0 Å². The van der Waals surface area contributed by atoms with Crippen molar-refractivity contribution in [2.75, 3.05) is 6.61 Å². The summed E-state index contributed by atoms with van der Waals surface area (Å²) in [4.78, 5) is 0. The highest BCUT2D eigenvalue weighted by molar-refractivity contribution is 8.39. The molecular formula is C5H9BO4PS2+. The van der Waals surface area contributed by atoms with E-state index in [4.69, 9.17) is 17.1 Å². The number of rotatable bonds is 4. The molecule has 0 aromatic carbocycles. The second-order valence-electron chi connectivity index (χ2n) is 2.63. The van der Waals surface area contributed by atoms with Crippen LogP contribution in [-0.4, -0.2) is 32.7 Å². The van der Waals surface area contributed by atoms with Crippen LogP contribution in [0.4, 0.5) is 0 Å². The van der Waals surface area contributed by atoms with E-state index in [0.717, 1.165) is 0 Å². The molecule has 1 heterocycles. The lowest BCUT2D eigenvalue weighted by molar-refractivity contribution is 0.0191. The zero-order chi connectivity index (χ0) is 9.84. The summed E-state index contributed by atoms with van der Waals surface area (Å²) in [6, 6.07) is -0.401. The third-order valence-corrected chi connectivity index (χ3v) is 2.58. The second-order valence-corrected chi connectivity index (χ2v) is 4.55. The molecule has 4 nitrogen and oxygen atoms in total. The fourth-order valence-corrected chi connectivity index (χ4v) is 2.16. The molecule has 8 heteroatoms. The highest BCUT2D eigenvalue weighted by Gasteiger charge is 2.38. The first-order valence-electron chi connectivity index (χ1n) is 3.63. The van der Waals surface area contributed by atoms with E-state index < -0.39 is 13.2 Å². The Morgan fingerprint density at radius 3 is 2.92 bits per heavy atom. The molecule has 0 aliphatic carbocycles. The zero-order valence-electron chi connectivity index (χ0n) is 6.70. The van der Waals surface area contributed by atoms with Crippen LogP contribution in [0.1, 0.15) is 6.42 Å². The van der Waals surface area contributed by atoms with Gasteiger partial charge in [0.05, 0.1) is 6.61 Å². The molecule has 0 saturated carbocycles. The average molecular weight is 239 g/mol. The van der Waals surface area contributed by atoms with Gasteiger partial charge in [-0.15, -0.1) is 4.52 Å². The Bertz CT molecular complexity index is 195. The van der Waals surface area contributed by atoms with Gasteiger partial charge in [0.1, 0.15) is 32.3 Å². The third-order valence-electron chi connectivity index (χ3n) is 1.69. The van der Waals surface area contributed by atoms with Gasteiger partial charge in [-0.2, -0.15) is 0 Å². The van der Waals surface area contributed by atoms with Crippen LogP contribution in [-0.2, 0) is 18.0 Å². The van der Waals surface area contributed by atoms with Crippen molar-refractivity contribution in [3.8, 4) is 0 Å². The van der Waals surface area contributed by atoms with Gasteiger partial charge in [-0.3, -0.25) is 0 Å². The Hall–Kier alpha value is 0.745. The molecule has 72 valence electrons. The maximum Gasteiger partial charge on any atom is 0.582 e. The van der Waals surface area contributed by atoms with Crippen LogP contribution < -0.4 is 0 Å². The summed E-state index contributed by atoms with van der Waals surface area (Å²) < 4.78 is 25.5. The summed E-state index contributed by atoms with van der Waals surface area (Å²) in [5.74, 6) is 0. The van der Waals surface area contributed by atoms with Gasteiger partial charge in [0.15, 0.2) is 0 Å². The molecule has 1 aliphatic heterocycles. The van der Waals surface area contributed by atoms with Crippen LogP contribution in [0.25, 0.3) is 0 Å². The lowest BCUT2D eigenvalue weighted by Crippen LogP contribution is -2.26. The van der Waals surface area contributed by atoms with Crippen LogP contribution in [0.2, 0.25) is 0 Å². The number of hydrogen-bond donors (Lipinski definition) is 2. The quantitative estimate of drug-likeness (QED) is 0.334. The van der Waals surface area contributed by atoms with Crippen molar-refractivity contribution in [2.24, 2.45) is 0 Å². The molecule has 1 aliphatic rings. The van der Waals surface area contributed by atoms with E-state index in [2.05, 4.69) is 29.3 Å². The Balaban J connectivity index is 2.45. The van der Waals surface area contributed by atoms with Crippen molar-refractivity contribution in [1.29, 1.82) is 0 Å². The van der Waals surface area contributed by atoms with E-state index in [1.54, 1.807) is 0 Å². The van der Waals surface area contributed by atoms with Crippen LogP contribution in [0.3, 0.4) is 0 Å². The van der Waals surface area contributed by atoms with Gasteiger partial charge < -0.3 is 8.92 Å². The lowest BCUT2D eigenvalue weighted by atomic mass is 9.96. The van der Waals surface area contributed by atoms with E-state index >= 15 is 0 Å². The number of thiol groups is 2. The molecule has 0 bridgehead atoms. The minimum absolute atomic E-state index is 0.248. The summed E-state index contributed by atoms with van der Waals surface area (Å²) >= 11 is 7.23. The van der Waals surface area contributed by atoms with Crippen LogP contribution in [0, 0.1) is 0 Å². The van der Waals surface area contributed by atoms with E-state index in [-0.39, 0.29) is 18.8 Å². The third kappa shape index (κ3) is 3.77. The highest BCUT2D eigenvalue weighted by atomic mass is 32.7. The molecule has 1 rings (SSSR count). The predicted molar refractivity (Wildman–Crippen MR) is 55.4 cm³/mol. The summed E-state index contributed by atoms with van der Waals surface area (Å²) in [6.07, 6.45) is -0.162. The fraction of sp³-hybridized carbons (Fsp3) is 1.00. The van der Waals surface area contributed by atoms with E-state index in [1.807, 2.05) is 0 Å². The Morgan fingerprint density at radius 1 is 1.69 bits per heavy atom. The summed E-state index contributed by atoms with van der Waals surface area (Å²) in [6.45, 7) is 0.248. The van der Waals surface area contributed by atoms with Crippen LogP contribution in [0.5, 0.6) is 0 Å². The van der Waals surface area contributed by atoms with Crippen molar-refractivity contribution < 1.29 is 18.0 Å². The first-order chi connectivity index (χ1) is 6.13. The number of ether oxygens (including phenoxy) is 1. The highest BCUT2D eigenvalue weighted by Crippen LogP contribution is 2.35. The molecule has 4 atom stereocenters. The van der Waals surface area contributed by atoms with E-state index in [9.17, 15) is 4.57 Å². The summed E-state index contributed by atoms with van der Waals surface area (Å²) in [5, 5.41) is 0. The molecule has 0 N–H and O–H groups in total. The zero-order valence-corrected chi connectivity index (χ0v) is 9.38. The first-order valence-corrected chi connectivity index (χ1v) is 6.33.